The number of sulfonamides is 1. The fraction of sp³-hybridized carbons (Fsp3) is 0.238. The molecule has 7 nitrogen and oxygen atoms in total. The summed E-state index contributed by atoms with van der Waals surface area (Å²) in [6.07, 6.45) is 0. The van der Waals surface area contributed by atoms with Crippen LogP contribution in [-0.2, 0) is 10.0 Å². The van der Waals surface area contributed by atoms with E-state index in [1.807, 2.05) is 19.9 Å². The highest BCUT2D eigenvalue weighted by molar-refractivity contribution is 7.92. The van der Waals surface area contributed by atoms with Crippen molar-refractivity contribution in [2.75, 3.05) is 16.7 Å². The number of amides is 1. The van der Waals surface area contributed by atoms with Crippen molar-refractivity contribution >= 4 is 27.3 Å². The van der Waals surface area contributed by atoms with Crippen LogP contribution in [-0.4, -0.2) is 26.5 Å². The van der Waals surface area contributed by atoms with Crippen molar-refractivity contribution in [2.45, 2.75) is 31.6 Å². The minimum absolute atomic E-state index is 0.0109. The first-order chi connectivity index (χ1) is 13.7. The van der Waals surface area contributed by atoms with Crippen LogP contribution in [0.2, 0.25) is 0 Å². The number of aryl methyl sites for hydroxylation is 1. The van der Waals surface area contributed by atoms with E-state index in [0.717, 1.165) is 0 Å². The lowest BCUT2D eigenvalue weighted by Crippen LogP contribution is -2.26. The topological polar surface area (TPSA) is 92.5 Å². The summed E-state index contributed by atoms with van der Waals surface area (Å²) in [6, 6.07) is 14.9. The Balaban J connectivity index is 1.89. The molecule has 1 amide bonds. The van der Waals surface area contributed by atoms with Crippen molar-refractivity contribution < 1.29 is 17.7 Å². The lowest BCUT2D eigenvalue weighted by atomic mass is 10.0. The molecule has 1 N–H and O–H groups in total. The summed E-state index contributed by atoms with van der Waals surface area (Å²) in [6.45, 7) is 5.51. The first kappa shape index (κ1) is 20.6. The molecule has 1 heterocycles. The zero-order valence-corrected chi connectivity index (χ0v) is 17.5. The van der Waals surface area contributed by atoms with Gasteiger partial charge in [-0.2, -0.15) is 0 Å². The minimum Gasteiger partial charge on any atom is -0.360 e. The molecule has 0 aliphatic carbocycles. The summed E-state index contributed by atoms with van der Waals surface area (Å²) in [5.74, 6) is 0.0918. The number of benzene rings is 2. The van der Waals surface area contributed by atoms with Crippen LogP contribution in [0.3, 0.4) is 0 Å². The van der Waals surface area contributed by atoms with Gasteiger partial charge in [-0.15, -0.1) is 0 Å². The van der Waals surface area contributed by atoms with E-state index in [-0.39, 0.29) is 10.8 Å². The average Bonchev–Trinajstić information content (AvgIpc) is 3.10. The summed E-state index contributed by atoms with van der Waals surface area (Å²) >= 11 is 0. The number of carbonyl (C=O) groups excluding carboxylic acids is 1. The Morgan fingerprint density at radius 2 is 1.79 bits per heavy atom. The molecule has 3 rings (SSSR count). The maximum absolute atomic E-state index is 13.0. The molecule has 0 bridgehead atoms. The molecule has 0 aliphatic rings. The van der Waals surface area contributed by atoms with Gasteiger partial charge in [-0.1, -0.05) is 43.3 Å². The second-order valence-corrected chi connectivity index (χ2v) is 8.92. The number of rotatable bonds is 6. The van der Waals surface area contributed by atoms with Crippen LogP contribution in [0.4, 0.5) is 11.4 Å². The molecule has 0 unspecified atom stereocenters. The number of hydrogen-bond donors (Lipinski definition) is 1. The summed E-state index contributed by atoms with van der Waals surface area (Å²) < 4.78 is 32.4. The van der Waals surface area contributed by atoms with Crippen molar-refractivity contribution in [1.82, 2.24) is 5.16 Å². The summed E-state index contributed by atoms with van der Waals surface area (Å²) in [7, 11) is -2.29. The number of hydrogen-bond acceptors (Lipinski definition) is 5. The van der Waals surface area contributed by atoms with E-state index in [1.54, 1.807) is 43.3 Å². The molecule has 0 atom stereocenters. The van der Waals surface area contributed by atoms with Crippen molar-refractivity contribution in [3.05, 3.63) is 71.6 Å². The molecule has 29 heavy (non-hydrogen) atoms. The standard InChI is InChI=1S/C21H23N3O4S/c1-14(2)20-19(15(3)23-28-20)21(25)22-16-9-8-12-18(13-16)29(26,27)24(4)17-10-6-5-7-11-17/h5-14H,1-4H3,(H,22,25). The number of nitrogens with one attached hydrogen (secondary N) is 1. The third kappa shape index (κ3) is 4.17. The van der Waals surface area contributed by atoms with Gasteiger partial charge < -0.3 is 9.84 Å². The Morgan fingerprint density at radius 3 is 2.45 bits per heavy atom. The van der Waals surface area contributed by atoms with E-state index in [4.69, 9.17) is 4.52 Å². The smallest absolute Gasteiger partial charge is 0.264 e. The first-order valence-corrected chi connectivity index (χ1v) is 10.6. The molecule has 152 valence electrons. The number of aromatic nitrogens is 1. The van der Waals surface area contributed by atoms with Gasteiger partial charge in [0.05, 0.1) is 16.3 Å². The summed E-state index contributed by atoms with van der Waals surface area (Å²) in [4.78, 5) is 12.8. The Hall–Kier alpha value is -3.13. The highest BCUT2D eigenvalue weighted by Gasteiger charge is 2.24. The van der Waals surface area contributed by atoms with E-state index in [2.05, 4.69) is 10.5 Å². The van der Waals surface area contributed by atoms with E-state index in [9.17, 15) is 13.2 Å². The SMILES string of the molecule is Cc1noc(C(C)C)c1C(=O)Nc1cccc(S(=O)(=O)N(C)c2ccccc2)c1. The van der Waals surface area contributed by atoms with Crippen LogP contribution in [0.1, 0.15) is 41.6 Å². The van der Waals surface area contributed by atoms with Gasteiger partial charge in [-0.3, -0.25) is 9.10 Å². The molecule has 0 fully saturated rings. The van der Waals surface area contributed by atoms with Gasteiger partial charge in [-0.25, -0.2) is 8.42 Å². The molecule has 8 heteroatoms. The second-order valence-electron chi connectivity index (χ2n) is 6.95. The molecular weight excluding hydrogens is 390 g/mol. The van der Waals surface area contributed by atoms with Crippen molar-refractivity contribution in [1.29, 1.82) is 0 Å². The van der Waals surface area contributed by atoms with Gasteiger partial charge in [0.15, 0.2) is 5.76 Å². The minimum atomic E-state index is -3.78. The maximum atomic E-state index is 13.0. The Kier molecular flexibility index (Phi) is 5.74. The summed E-state index contributed by atoms with van der Waals surface area (Å²) in [5, 5.41) is 6.63. The largest absolute Gasteiger partial charge is 0.360 e. The predicted molar refractivity (Wildman–Crippen MR) is 112 cm³/mol. The monoisotopic (exact) mass is 413 g/mol. The van der Waals surface area contributed by atoms with E-state index in [0.29, 0.717) is 28.4 Å². The fourth-order valence-corrected chi connectivity index (χ4v) is 4.16. The van der Waals surface area contributed by atoms with Crippen LogP contribution in [0.25, 0.3) is 0 Å². The molecule has 0 spiro atoms. The lowest BCUT2D eigenvalue weighted by Gasteiger charge is -2.20. The van der Waals surface area contributed by atoms with Crippen molar-refractivity contribution in [3.63, 3.8) is 0 Å². The second kappa shape index (κ2) is 8.08. The van der Waals surface area contributed by atoms with Crippen LogP contribution in [0.15, 0.2) is 64.0 Å². The molecule has 0 saturated carbocycles. The molecule has 0 radical (unpaired) electrons. The zero-order chi connectivity index (χ0) is 21.2. The van der Waals surface area contributed by atoms with Crippen LogP contribution >= 0.6 is 0 Å². The molecule has 1 aromatic heterocycles. The summed E-state index contributed by atoms with van der Waals surface area (Å²) in [5.41, 5.74) is 1.77. The lowest BCUT2D eigenvalue weighted by molar-refractivity contribution is 0.102. The van der Waals surface area contributed by atoms with Crippen LogP contribution in [0.5, 0.6) is 0 Å². The zero-order valence-electron chi connectivity index (χ0n) is 16.7. The van der Waals surface area contributed by atoms with Gasteiger partial charge in [0, 0.05) is 18.7 Å². The van der Waals surface area contributed by atoms with Crippen molar-refractivity contribution in [3.8, 4) is 0 Å². The third-order valence-electron chi connectivity index (χ3n) is 4.51. The quantitative estimate of drug-likeness (QED) is 0.654. The third-order valence-corrected chi connectivity index (χ3v) is 6.29. The Bertz CT molecular complexity index is 1120. The number of nitrogens with zero attached hydrogens (tertiary/aromatic N) is 2. The first-order valence-electron chi connectivity index (χ1n) is 9.13. The molecule has 2 aromatic carbocycles. The van der Waals surface area contributed by atoms with Gasteiger partial charge in [0.2, 0.25) is 0 Å². The highest BCUT2D eigenvalue weighted by atomic mass is 32.2. The Labute approximate surface area is 170 Å². The molecule has 0 aliphatic heterocycles. The molecule has 0 saturated heterocycles. The van der Waals surface area contributed by atoms with E-state index in [1.165, 1.54) is 23.5 Å². The Morgan fingerprint density at radius 1 is 1.10 bits per heavy atom. The van der Waals surface area contributed by atoms with Crippen LogP contribution < -0.4 is 9.62 Å². The van der Waals surface area contributed by atoms with Gasteiger partial charge in [0.1, 0.15) is 5.56 Å². The molecule has 3 aromatic rings. The van der Waals surface area contributed by atoms with Crippen LogP contribution in [0, 0.1) is 6.92 Å². The van der Waals surface area contributed by atoms with Gasteiger partial charge in [0.25, 0.3) is 15.9 Å². The normalized spacial score (nSPS) is 11.5. The average molecular weight is 413 g/mol. The predicted octanol–water partition coefficient (Wildman–Crippen LogP) is 4.18. The van der Waals surface area contributed by atoms with E-state index < -0.39 is 15.9 Å². The van der Waals surface area contributed by atoms with E-state index >= 15 is 0 Å². The van der Waals surface area contributed by atoms with Gasteiger partial charge >= 0.3 is 0 Å². The highest BCUT2D eigenvalue weighted by Crippen LogP contribution is 2.26. The number of anilines is 2. The number of carbonyl (C=O) groups is 1. The van der Waals surface area contributed by atoms with Crippen molar-refractivity contribution in [2.24, 2.45) is 0 Å². The number of para-hydroxylation sites is 1. The molecular formula is C21H23N3O4S. The maximum Gasteiger partial charge on any atom is 0.264 e. The van der Waals surface area contributed by atoms with Gasteiger partial charge in [-0.05, 0) is 37.3 Å². The fourth-order valence-electron chi connectivity index (χ4n) is 2.92.